The molecule has 7 aromatic carbocycles. The number of urea groups is 1. The number of morpholine rings is 1. The number of carbonyl (C=O) groups excluding carboxylic acids is 4. The molecule has 10 rings (SSSR count). The molecular weight excluding hydrogens is 933 g/mol. The average Bonchev–Trinajstić information content (AvgIpc) is 3.98. The fourth-order valence-electron chi connectivity index (χ4n) is 10.9. The lowest BCUT2D eigenvalue weighted by molar-refractivity contribution is -0.178. The van der Waals surface area contributed by atoms with Crippen LogP contribution < -0.4 is 25.0 Å². The number of cyclic esters (lactones) is 1. The van der Waals surface area contributed by atoms with Crippen molar-refractivity contribution >= 4 is 29.5 Å². The summed E-state index contributed by atoms with van der Waals surface area (Å²) in [5.41, 5.74) is 2.68. The van der Waals surface area contributed by atoms with Gasteiger partial charge in [-0.05, 0) is 94.9 Å². The second-order valence-electron chi connectivity index (χ2n) is 18.5. The minimum absolute atomic E-state index is 0.0407. The van der Waals surface area contributed by atoms with Crippen LogP contribution in [0.4, 0.5) is 10.5 Å². The molecule has 13 heteroatoms. The highest BCUT2D eigenvalue weighted by molar-refractivity contribution is 6.24. The number of hydrogen-bond acceptors (Lipinski definition) is 10. The van der Waals surface area contributed by atoms with Gasteiger partial charge in [0, 0.05) is 17.7 Å². The van der Waals surface area contributed by atoms with Crippen molar-refractivity contribution in [2.75, 3.05) is 31.8 Å². The zero-order chi connectivity index (χ0) is 51.3. The summed E-state index contributed by atoms with van der Waals surface area (Å²) in [6.45, 7) is 1.22. The average molecular weight is 987 g/mol. The third-order valence-electron chi connectivity index (χ3n) is 14.2. The number of carbonyl (C=O) groups is 4. The summed E-state index contributed by atoms with van der Waals surface area (Å²) >= 11 is 0. The van der Waals surface area contributed by atoms with Gasteiger partial charge in [0.05, 0.1) is 49.6 Å². The third-order valence-corrected chi connectivity index (χ3v) is 14.2. The second kappa shape index (κ2) is 21.3. The van der Waals surface area contributed by atoms with E-state index in [1.54, 1.807) is 79.9 Å². The normalized spacial score (nSPS) is 21.6. The van der Waals surface area contributed by atoms with Crippen LogP contribution in [0.1, 0.15) is 81.8 Å². The van der Waals surface area contributed by atoms with Gasteiger partial charge in [0.25, 0.3) is 0 Å². The van der Waals surface area contributed by atoms with Gasteiger partial charge in [0.15, 0.2) is 0 Å². The highest BCUT2D eigenvalue weighted by atomic mass is 16.6. The van der Waals surface area contributed by atoms with E-state index in [9.17, 15) is 10.2 Å². The topological polar surface area (TPSA) is 167 Å². The molecule has 4 N–H and O–H groups in total. The minimum Gasteiger partial charge on any atom is -0.497 e. The second-order valence-corrected chi connectivity index (χ2v) is 18.5. The molecule has 3 aliphatic heterocycles. The molecule has 13 nitrogen and oxygen atoms in total. The number of ether oxygens (including phenoxy) is 3. The van der Waals surface area contributed by atoms with Crippen LogP contribution in [-0.2, 0) is 24.5 Å². The van der Waals surface area contributed by atoms with E-state index in [4.69, 9.17) is 14.2 Å². The standard InChI is InChI=1S/C61H54N4O9/c1-39(42-16-7-3-8-17-42)63-60(71)64-50-33-30-41(27-26-40-28-31-47(72-2)32-29-40)36-49(50)61(59(64)70)52(57(68)62-38-51(67)43-18-9-4-10-19-43)54-58(69)74-55(45-22-13-6-14-23-45)53(44-20-11-5-12-21-44)65(54)56(61)46-24-15-25-48(37-46)73-35-34-66/h3-25,28-33,36-37,39,51-56,66-67H,34-35,38H2,1-2H3,(H,62,68)(H,63,71). The highest BCUT2D eigenvalue weighted by Crippen LogP contribution is 2.66. The van der Waals surface area contributed by atoms with Crippen molar-refractivity contribution in [1.29, 1.82) is 0 Å². The maximum Gasteiger partial charge on any atom is 0.329 e. The van der Waals surface area contributed by atoms with Crippen LogP contribution in [0.5, 0.6) is 11.5 Å². The SMILES string of the molecule is COc1ccc(C#Cc2ccc3c(c2)C2(C(=O)N3C(=O)NC(C)c3ccccc3)C(C(=O)NCC(O)c3ccccc3)C3C(=O)OC(c4ccccc4)C(c4ccccc4)N3C2c2cccc(OCCO)c2)cc1. The lowest BCUT2D eigenvalue weighted by atomic mass is 9.65. The molecule has 74 heavy (non-hydrogen) atoms. The molecule has 372 valence electrons. The molecule has 0 aromatic heterocycles. The summed E-state index contributed by atoms with van der Waals surface area (Å²) in [5, 5.41) is 27.5. The number of rotatable bonds is 13. The maximum atomic E-state index is 16.8. The number of nitrogens with one attached hydrogen (secondary N) is 2. The van der Waals surface area contributed by atoms with Crippen LogP contribution in [0, 0.1) is 17.8 Å². The first-order chi connectivity index (χ1) is 36.1. The first kappa shape index (κ1) is 49.1. The first-order valence-corrected chi connectivity index (χ1v) is 24.5. The number of imide groups is 1. The van der Waals surface area contributed by atoms with Crippen molar-refractivity contribution in [2.24, 2.45) is 5.92 Å². The number of nitrogens with zero attached hydrogens (tertiary/aromatic N) is 2. The number of aliphatic hydroxyl groups is 2. The summed E-state index contributed by atoms with van der Waals surface area (Å²) in [6.07, 6.45) is -2.13. The minimum atomic E-state index is -2.11. The van der Waals surface area contributed by atoms with Crippen molar-refractivity contribution in [3.05, 3.63) is 233 Å². The Hall–Kier alpha value is -8.54. The molecule has 0 bridgehead atoms. The van der Waals surface area contributed by atoms with Crippen LogP contribution in [0.25, 0.3) is 0 Å². The maximum absolute atomic E-state index is 16.8. The Bertz CT molecular complexity index is 3220. The Morgan fingerprint density at radius 1 is 0.703 bits per heavy atom. The summed E-state index contributed by atoms with van der Waals surface area (Å²) in [7, 11) is 1.58. The lowest BCUT2D eigenvalue weighted by Crippen LogP contribution is -2.56. The van der Waals surface area contributed by atoms with E-state index < -0.39 is 71.5 Å². The Labute approximate surface area is 429 Å². The van der Waals surface area contributed by atoms with E-state index in [-0.39, 0.29) is 31.0 Å². The van der Waals surface area contributed by atoms with Crippen molar-refractivity contribution in [2.45, 2.75) is 48.7 Å². The van der Waals surface area contributed by atoms with Gasteiger partial charge < -0.3 is 35.1 Å². The summed E-state index contributed by atoms with van der Waals surface area (Å²) in [6, 6.07) is 51.6. The van der Waals surface area contributed by atoms with E-state index in [0.29, 0.717) is 39.3 Å². The van der Waals surface area contributed by atoms with Gasteiger partial charge in [-0.15, -0.1) is 0 Å². The van der Waals surface area contributed by atoms with Crippen LogP contribution in [-0.4, -0.2) is 71.8 Å². The summed E-state index contributed by atoms with van der Waals surface area (Å²) in [4.78, 5) is 66.6. The molecule has 0 saturated carbocycles. The van der Waals surface area contributed by atoms with E-state index in [2.05, 4.69) is 22.5 Å². The van der Waals surface area contributed by atoms with Gasteiger partial charge >= 0.3 is 12.0 Å². The largest absolute Gasteiger partial charge is 0.497 e. The van der Waals surface area contributed by atoms with Gasteiger partial charge in [0.1, 0.15) is 35.7 Å². The fourth-order valence-corrected chi connectivity index (χ4v) is 10.9. The lowest BCUT2D eigenvalue weighted by Gasteiger charge is -2.46. The molecule has 0 aliphatic carbocycles. The number of amides is 4. The Kier molecular flexibility index (Phi) is 14.1. The number of hydrogen-bond donors (Lipinski definition) is 4. The van der Waals surface area contributed by atoms with Crippen molar-refractivity contribution < 1.29 is 43.6 Å². The molecule has 8 unspecified atom stereocenters. The highest BCUT2D eigenvalue weighted by Gasteiger charge is 2.75. The van der Waals surface area contributed by atoms with Crippen molar-refractivity contribution in [3.63, 3.8) is 0 Å². The molecule has 8 atom stereocenters. The van der Waals surface area contributed by atoms with Gasteiger partial charge in [-0.2, -0.15) is 0 Å². The van der Waals surface area contributed by atoms with Gasteiger partial charge in [-0.25, -0.2) is 9.69 Å². The molecule has 1 spiro atoms. The number of methoxy groups -OCH3 is 1. The van der Waals surface area contributed by atoms with Crippen molar-refractivity contribution in [1.82, 2.24) is 15.5 Å². The smallest absolute Gasteiger partial charge is 0.329 e. The van der Waals surface area contributed by atoms with Crippen LogP contribution in [0.2, 0.25) is 0 Å². The molecular formula is C61H54N4O9. The predicted molar refractivity (Wildman–Crippen MR) is 278 cm³/mol. The van der Waals surface area contributed by atoms with Crippen LogP contribution in [0.3, 0.4) is 0 Å². The van der Waals surface area contributed by atoms with Crippen LogP contribution in [0.15, 0.2) is 188 Å². The van der Waals surface area contributed by atoms with Crippen LogP contribution >= 0.6 is 0 Å². The number of aliphatic hydroxyl groups excluding tert-OH is 2. The van der Waals surface area contributed by atoms with E-state index >= 15 is 19.2 Å². The fraction of sp³-hybridized carbons (Fsp3) is 0.213. The predicted octanol–water partition coefficient (Wildman–Crippen LogP) is 8.45. The molecule has 3 aliphatic rings. The first-order valence-electron chi connectivity index (χ1n) is 24.5. The van der Waals surface area contributed by atoms with Gasteiger partial charge in [-0.3, -0.25) is 19.3 Å². The molecule has 0 radical (unpaired) electrons. The number of benzene rings is 7. The number of esters is 1. The summed E-state index contributed by atoms with van der Waals surface area (Å²) in [5.74, 6) is 3.61. The molecule has 2 saturated heterocycles. The quantitative estimate of drug-likeness (QED) is 0.0651. The Balaban J connectivity index is 1.25. The number of fused-ring (bicyclic) bond motifs is 3. The molecule has 2 fully saturated rings. The van der Waals surface area contributed by atoms with E-state index in [1.165, 1.54) is 0 Å². The summed E-state index contributed by atoms with van der Waals surface area (Å²) < 4.78 is 18.0. The molecule has 7 aromatic rings. The Morgan fingerprint density at radius 2 is 1.31 bits per heavy atom. The zero-order valence-electron chi connectivity index (χ0n) is 40.7. The third kappa shape index (κ3) is 9.15. The van der Waals surface area contributed by atoms with Gasteiger partial charge in [0.2, 0.25) is 11.8 Å². The van der Waals surface area contributed by atoms with E-state index in [0.717, 1.165) is 16.0 Å². The molecule has 4 amide bonds. The molecule has 3 heterocycles. The number of anilines is 1. The van der Waals surface area contributed by atoms with Crippen molar-refractivity contribution in [3.8, 4) is 23.3 Å². The monoisotopic (exact) mass is 986 g/mol. The van der Waals surface area contributed by atoms with E-state index in [1.807, 2.05) is 127 Å². The zero-order valence-corrected chi connectivity index (χ0v) is 40.7. The van der Waals surface area contributed by atoms with Gasteiger partial charge in [-0.1, -0.05) is 145 Å². The Morgan fingerprint density at radius 3 is 1.97 bits per heavy atom.